The number of nitrogens with zero attached hydrogens (tertiary/aromatic N) is 4. The van der Waals surface area contributed by atoms with Crippen LogP contribution in [0.2, 0.25) is 0 Å². The lowest BCUT2D eigenvalue weighted by Crippen LogP contribution is -2.36. The number of methoxy groups -OCH3 is 1. The first-order chi connectivity index (χ1) is 16.0. The summed E-state index contributed by atoms with van der Waals surface area (Å²) in [4.78, 5) is 18.8. The quantitative estimate of drug-likeness (QED) is 0.464. The van der Waals surface area contributed by atoms with Crippen molar-refractivity contribution in [1.29, 1.82) is 0 Å². The largest absolute Gasteiger partial charge is 0.494 e. The molecule has 1 aliphatic heterocycles. The minimum Gasteiger partial charge on any atom is -0.494 e. The number of hydrogen-bond donors (Lipinski definition) is 0. The number of hydrogen-bond acceptors (Lipinski definition) is 5. The maximum absolute atomic E-state index is 13.3. The fourth-order valence-electron chi connectivity index (χ4n) is 4.49. The summed E-state index contributed by atoms with van der Waals surface area (Å²) in [5.74, 6) is 1.35. The molecule has 0 fully saturated rings. The molecule has 6 nitrogen and oxygen atoms in total. The number of para-hydroxylation sites is 2. The van der Waals surface area contributed by atoms with Gasteiger partial charge in [-0.3, -0.25) is 9.69 Å². The van der Waals surface area contributed by atoms with Crippen LogP contribution in [0, 0.1) is 5.92 Å². The average molecular weight is 467 g/mol. The third-order valence-electron chi connectivity index (χ3n) is 6.16. The molecule has 33 heavy (non-hydrogen) atoms. The van der Waals surface area contributed by atoms with E-state index < -0.39 is 0 Å². The number of aromatic nitrogens is 2. The topological polar surface area (TPSA) is 50.6 Å². The number of fused-ring (bicyclic) bond motifs is 1. The Morgan fingerprint density at radius 3 is 2.76 bits per heavy atom. The standard InChI is InChI=1S/C26H34N4O2S/c1-5-28-13-12-23-21(17-28)22(27-30(23)24-10-6-7-11-25(24)32-4)18-29(16-19(2)3)26(31)15-20-9-8-14-33-20/h6-11,14,19H,5,12-13,15-18H2,1-4H3. The Bertz CT molecular complexity index is 1070. The summed E-state index contributed by atoms with van der Waals surface area (Å²) in [5, 5.41) is 7.11. The summed E-state index contributed by atoms with van der Waals surface area (Å²) in [6.07, 6.45) is 1.38. The third kappa shape index (κ3) is 5.31. The van der Waals surface area contributed by atoms with Gasteiger partial charge in [0.15, 0.2) is 0 Å². The Morgan fingerprint density at radius 1 is 1.24 bits per heavy atom. The normalized spacial score (nSPS) is 13.8. The van der Waals surface area contributed by atoms with Gasteiger partial charge in [0.1, 0.15) is 11.4 Å². The Balaban J connectivity index is 1.70. The lowest BCUT2D eigenvalue weighted by Gasteiger charge is -2.28. The summed E-state index contributed by atoms with van der Waals surface area (Å²) < 4.78 is 7.69. The number of rotatable bonds is 9. The molecule has 0 saturated heterocycles. The molecule has 176 valence electrons. The highest BCUT2D eigenvalue weighted by molar-refractivity contribution is 7.10. The molecule has 1 aliphatic rings. The molecule has 0 spiro atoms. The summed E-state index contributed by atoms with van der Waals surface area (Å²) in [5.41, 5.74) is 4.43. The molecule has 1 aromatic carbocycles. The van der Waals surface area contributed by atoms with Gasteiger partial charge >= 0.3 is 0 Å². The maximum Gasteiger partial charge on any atom is 0.228 e. The zero-order valence-corrected chi connectivity index (χ0v) is 20.9. The van der Waals surface area contributed by atoms with Gasteiger partial charge < -0.3 is 9.64 Å². The van der Waals surface area contributed by atoms with Crippen molar-refractivity contribution < 1.29 is 9.53 Å². The number of likely N-dealkylation sites (N-methyl/N-ethyl adjacent to an activating group) is 1. The molecule has 1 amide bonds. The highest BCUT2D eigenvalue weighted by atomic mass is 32.1. The molecule has 4 rings (SSSR count). The van der Waals surface area contributed by atoms with Gasteiger partial charge in [0.2, 0.25) is 5.91 Å². The van der Waals surface area contributed by atoms with Crippen molar-refractivity contribution >= 4 is 17.2 Å². The monoisotopic (exact) mass is 466 g/mol. The van der Waals surface area contributed by atoms with Crippen molar-refractivity contribution in [2.75, 3.05) is 26.7 Å². The van der Waals surface area contributed by atoms with Gasteiger partial charge in [-0.2, -0.15) is 5.10 Å². The molecule has 0 bridgehead atoms. The molecule has 0 N–H and O–H groups in total. The van der Waals surface area contributed by atoms with Crippen LogP contribution in [0.4, 0.5) is 0 Å². The van der Waals surface area contributed by atoms with Gasteiger partial charge in [-0.15, -0.1) is 11.3 Å². The summed E-state index contributed by atoms with van der Waals surface area (Å²) in [7, 11) is 1.70. The summed E-state index contributed by atoms with van der Waals surface area (Å²) in [6.45, 7) is 10.7. The third-order valence-corrected chi connectivity index (χ3v) is 7.04. The van der Waals surface area contributed by atoms with E-state index in [1.54, 1.807) is 18.4 Å². The van der Waals surface area contributed by atoms with Crippen LogP contribution in [0.1, 0.15) is 42.6 Å². The van der Waals surface area contributed by atoms with E-state index in [2.05, 4.69) is 31.7 Å². The second-order valence-electron chi connectivity index (χ2n) is 9.00. The SMILES string of the molecule is CCN1CCc2c(c(CN(CC(C)C)C(=O)Cc3cccs3)nn2-c2ccccc2OC)C1. The molecule has 0 saturated carbocycles. The first-order valence-electron chi connectivity index (χ1n) is 11.8. The van der Waals surface area contributed by atoms with Crippen LogP contribution in [-0.4, -0.2) is 52.2 Å². The van der Waals surface area contributed by atoms with Crippen molar-refractivity contribution in [1.82, 2.24) is 19.6 Å². The van der Waals surface area contributed by atoms with E-state index in [4.69, 9.17) is 9.84 Å². The van der Waals surface area contributed by atoms with E-state index in [0.717, 1.165) is 54.6 Å². The zero-order valence-electron chi connectivity index (χ0n) is 20.1. The average Bonchev–Trinajstić information content (AvgIpc) is 3.45. The minimum atomic E-state index is 0.162. The van der Waals surface area contributed by atoms with Gasteiger partial charge in [0, 0.05) is 36.5 Å². The highest BCUT2D eigenvalue weighted by Gasteiger charge is 2.28. The number of carbonyl (C=O) groups is 1. The van der Waals surface area contributed by atoms with Crippen molar-refractivity contribution in [3.8, 4) is 11.4 Å². The predicted octanol–water partition coefficient (Wildman–Crippen LogP) is 4.55. The van der Waals surface area contributed by atoms with Crippen LogP contribution in [0.15, 0.2) is 41.8 Å². The number of benzene rings is 1. The zero-order chi connectivity index (χ0) is 23.4. The van der Waals surface area contributed by atoms with Gasteiger partial charge in [0.25, 0.3) is 0 Å². The van der Waals surface area contributed by atoms with Crippen molar-refractivity contribution in [3.63, 3.8) is 0 Å². The van der Waals surface area contributed by atoms with Crippen LogP contribution >= 0.6 is 11.3 Å². The van der Waals surface area contributed by atoms with E-state index in [-0.39, 0.29) is 5.91 Å². The van der Waals surface area contributed by atoms with Gasteiger partial charge in [-0.1, -0.05) is 39.0 Å². The Kier molecular flexibility index (Phi) is 7.50. The molecular weight excluding hydrogens is 432 g/mol. The Labute approximate surface area is 200 Å². The second kappa shape index (κ2) is 10.5. The Morgan fingerprint density at radius 2 is 2.06 bits per heavy atom. The molecule has 0 aliphatic carbocycles. The van der Waals surface area contributed by atoms with Crippen molar-refractivity contribution in [2.45, 2.75) is 46.7 Å². The van der Waals surface area contributed by atoms with Crippen LogP contribution in [0.25, 0.3) is 5.69 Å². The van der Waals surface area contributed by atoms with Gasteiger partial charge in [0.05, 0.1) is 31.5 Å². The fraction of sp³-hybridized carbons (Fsp3) is 0.462. The van der Waals surface area contributed by atoms with Gasteiger partial charge in [-0.05, 0) is 36.0 Å². The summed E-state index contributed by atoms with van der Waals surface area (Å²) >= 11 is 1.64. The Hall–Kier alpha value is -2.64. The van der Waals surface area contributed by atoms with E-state index in [1.807, 2.05) is 45.3 Å². The number of amides is 1. The molecule has 0 radical (unpaired) electrons. The number of ether oxygens (including phenoxy) is 1. The van der Waals surface area contributed by atoms with E-state index >= 15 is 0 Å². The van der Waals surface area contributed by atoms with E-state index in [1.165, 1.54) is 11.3 Å². The molecule has 0 atom stereocenters. The van der Waals surface area contributed by atoms with Crippen LogP contribution < -0.4 is 4.74 Å². The highest BCUT2D eigenvalue weighted by Crippen LogP contribution is 2.30. The smallest absolute Gasteiger partial charge is 0.228 e. The van der Waals surface area contributed by atoms with Gasteiger partial charge in [-0.25, -0.2) is 4.68 Å². The molecular formula is C26H34N4O2S. The molecule has 3 aromatic rings. The van der Waals surface area contributed by atoms with E-state index in [0.29, 0.717) is 18.9 Å². The molecule has 0 unspecified atom stereocenters. The molecule has 7 heteroatoms. The second-order valence-corrected chi connectivity index (χ2v) is 10.0. The molecule has 2 aromatic heterocycles. The number of thiophene rings is 1. The minimum absolute atomic E-state index is 0.162. The lowest BCUT2D eigenvalue weighted by atomic mass is 10.0. The predicted molar refractivity (Wildman–Crippen MR) is 133 cm³/mol. The van der Waals surface area contributed by atoms with Crippen molar-refractivity contribution in [3.05, 3.63) is 63.6 Å². The van der Waals surface area contributed by atoms with Crippen LogP contribution in [0.3, 0.4) is 0 Å². The summed E-state index contributed by atoms with van der Waals surface area (Å²) in [6, 6.07) is 12.1. The number of carbonyl (C=O) groups excluding carboxylic acids is 1. The first kappa shape index (κ1) is 23.5. The maximum atomic E-state index is 13.3. The first-order valence-corrected chi connectivity index (χ1v) is 12.6. The van der Waals surface area contributed by atoms with Crippen LogP contribution in [-0.2, 0) is 30.7 Å². The van der Waals surface area contributed by atoms with Crippen LogP contribution in [0.5, 0.6) is 5.75 Å². The lowest BCUT2D eigenvalue weighted by molar-refractivity contribution is -0.131. The fourth-order valence-corrected chi connectivity index (χ4v) is 5.19. The van der Waals surface area contributed by atoms with Crippen molar-refractivity contribution in [2.24, 2.45) is 5.92 Å². The molecule has 3 heterocycles. The van der Waals surface area contributed by atoms with E-state index in [9.17, 15) is 4.79 Å².